The van der Waals surface area contributed by atoms with Gasteiger partial charge in [-0.2, -0.15) is 0 Å². The molecule has 2 aromatic rings. The van der Waals surface area contributed by atoms with E-state index in [1.807, 2.05) is 0 Å². The highest BCUT2D eigenvalue weighted by atomic mass is 16.5. The van der Waals surface area contributed by atoms with Crippen LogP contribution in [0.1, 0.15) is 10.4 Å². The zero-order valence-electron chi connectivity index (χ0n) is 16.4. The van der Waals surface area contributed by atoms with Crippen molar-refractivity contribution in [3.63, 3.8) is 0 Å². The minimum atomic E-state index is -1.18. The molecule has 1 aromatic carbocycles. The molecule has 0 radical (unpaired) electrons. The van der Waals surface area contributed by atoms with Crippen LogP contribution < -0.4 is 20.7 Å². The van der Waals surface area contributed by atoms with Gasteiger partial charge in [-0.15, -0.1) is 0 Å². The third-order valence-electron chi connectivity index (χ3n) is 4.70. The fraction of sp³-hybridized carbons (Fsp3) is 0.300. The van der Waals surface area contributed by atoms with Crippen molar-refractivity contribution in [3.05, 3.63) is 54.4 Å². The van der Waals surface area contributed by atoms with Gasteiger partial charge < -0.3 is 25.8 Å². The molecule has 0 aliphatic carbocycles. The summed E-state index contributed by atoms with van der Waals surface area (Å²) < 4.78 is 5.69. The van der Waals surface area contributed by atoms with Gasteiger partial charge in [0.05, 0.1) is 12.2 Å². The van der Waals surface area contributed by atoms with Crippen LogP contribution in [0, 0.1) is 0 Å². The molecule has 0 bridgehead atoms. The number of carbonyl (C=O) groups excluding carboxylic acids is 2. The van der Waals surface area contributed by atoms with Crippen molar-refractivity contribution in [3.8, 4) is 5.75 Å². The summed E-state index contributed by atoms with van der Waals surface area (Å²) in [7, 11) is 1.53. The second-order valence-electron chi connectivity index (χ2n) is 6.63. The normalized spacial score (nSPS) is 18.4. The van der Waals surface area contributed by atoms with Crippen LogP contribution in [0.4, 0.5) is 10.5 Å². The van der Waals surface area contributed by atoms with Gasteiger partial charge in [0.15, 0.2) is 0 Å². The average Bonchev–Trinajstić information content (AvgIpc) is 2.78. The molecule has 30 heavy (non-hydrogen) atoms. The fourth-order valence-corrected chi connectivity index (χ4v) is 3.21. The van der Waals surface area contributed by atoms with E-state index in [9.17, 15) is 19.5 Å². The summed E-state index contributed by atoms with van der Waals surface area (Å²) in [6.45, 7) is 0.660. The summed E-state index contributed by atoms with van der Waals surface area (Å²) >= 11 is 0. The molecule has 0 spiro atoms. The highest BCUT2D eigenvalue weighted by Crippen LogP contribution is 2.17. The van der Waals surface area contributed by atoms with E-state index in [1.165, 1.54) is 7.05 Å². The Hall–Kier alpha value is -3.66. The van der Waals surface area contributed by atoms with Gasteiger partial charge >= 0.3 is 6.09 Å². The first kappa shape index (κ1) is 21.1. The lowest BCUT2D eigenvalue weighted by molar-refractivity contribution is -0.123. The van der Waals surface area contributed by atoms with Gasteiger partial charge in [-0.05, 0) is 36.4 Å². The predicted octanol–water partition coefficient (Wildman–Crippen LogP) is 0.779. The third-order valence-corrected chi connectivity index (χ3v) is 4.70. The van der Waals surface area contributed by atoms with Crippen molar-refractivity contribution in [1.29, 1.82) is 0 Å². The van der Waals surface area contributed by atoms with E-state index in [4.69, 9.17) is 4.74 Å². The highest BCUT2D eigenvalue weighted by Gasteiger charge is 2.40. The van der Waals surface area contributed by atoms with E-state index in [1.54, 1.807) is 48.8 Å². The van der Waals surface area contributed by atoms with Gasteiger partial charge in [0.1, 0.15) is 18.4 Å². The van der Waals surface area contributed by atoms with Crippen LogP contribution in [0.3, 0.4) is 0 Å². The monoisotopic (exact) mass is 413 g/mol. The van der Waals surface area contributed by atoms with E-state index in [0.29, 0.717) is 23.5 Å². The number of carboxylic acid groups (broad SMARTS) is 1. The molecule has 1 aromatic heterocycles. The SMILES string of the molecule is CNC(=O)c1ccc(NC(=O)C2C(COc3cccnc3)NCCN2C(=O)O)cc1. The Morgan fingerprint density at radius 3 is 2.67 bits per heavy atom. The summed E-state index contributed by atoms with van der Waals surface area (Å²) in [6, 6.07) is 8.23. The first-order valence-corrected chi connectivity index (χ1v) is 9.38. The Bertz CT molecular complexity index is 890. The first-order valence-electron chi connectivity index (χ1n) is 9.38. The summed E-state index contributed by atoms with van der Waals surface area (Å²) in [6.07, 6.45) is 1.97. The molecular formula is C20H23N5O5. The molecule has 0 saturated carbocycles. The molecule has 1 aliphatic rings. The van der Waals surface area contributed by atoms with E-state index < -0.39 is 24.1 Å². The molecule has 3 amide bonds. The highest BCUT2D eigenvalue weighted by molar-refractivity contribution is 5.98. The number of ether oxygens (including phenoxy) is 1. The van der Waals surface area contributed by atoms with Crippen molar-refractivity contribution in [1.82, 2.24) is 20.5 Å². The molecule has 1 fully saturated rings. The maximum absolute atomic E-state index is 13.0. The van der Waals surface area contributed by atoms with Crippen molar-refractivity contribution in [2.75, 3.05) is 32.1 Å². The maximum atomic E-state index is 13.0. The van der Waals surface area contributed by atoms with Gasteiger partial charge in [-0.1, -0.05) is 0 Å². The molecule has 2 heterocycles. The van der Waals surface area contributed by atoms with Crippen LogP contribution in [0.2, 0.25) is 0 Å². The smallest absolute Gasteiger partial charge is 0.408 e. The quantitative estimate of drug-likeness (QED) is 0.550. The predicted molar refractivity (Wildman–Crippen MR) is 109 cm³/mol. The first-order chi connectivity index (χ1) is 14.5. The molecule has 10 heteroatoms. The minimum Gasteiger partial charge on any atom is -0.490 e. The Balaban J connectivity index is 1.73. The van der Waals surface area contributed by atoms with Crippen LogP contribution in [-0.2, 0) is 4.79 Å². The molecule has 1 aliphatic heterocycles. The van der Waals surface area contributed by atoms with Crippen LogP contribution in [0.15, 0.2) is 48.8 Å². The summed E-state index contributed by atoms with van der Waals surface area (Å²) in [5.74, 6) is -0.207. The van der Waals surface area contributed by atoms with Crippen molar-refractivity contribution in [2.45, 2.75) is 12.1 Å². The van der Waals surface area contributed by atoms with Gasteiger partial charge in [-0.3, -0.25) is 19.5 Å². The summed E-state index contributed by atoms with van der Waals surface area (Å²) in [4.78, 5) is 41.4. The number of nitrogens with one attached hydrogen (secondary N) is 3. The topological polar surface area (TPSA) is 133 Å². The number of hydrogen-bond acceptors (Lipinski definition) is 6. The van der Waals surface area contributed by atoms with Crippen molar-refractivity contribution >= 4 is 23.6 Å². The van der Waals surface area contributed by atoms with E-state index in [2.05, 4.69) is 20.9 Å². The number of amides is 3. The zero-order chi connectivity index (χ0) is 21.5. The van der Waals surface area contributed by atoms with Crippen molar-refractivity contribution in [2.24, 2.45) is 0 Å². The number of benzene rings is 1. The van der Waals surface area contributed by atoms with Gasteiger partial charge in [0, 0.05) is 37.6 Å². The van der Waals surface area contributed by atoms with E-state index in [0.717, 1.165) is 4.90 Å². The molecule has 4 N–H and O–H groups in total. The summed E-state index contributed by atoms with van der Waals surface area (Å²) in [5, 5.41) is 18.0. The molecule has 2 atom stereocenters. The minimum absolute atomic E-state index is 0.0865. The van der Waals surface area contributed by atoms with Crippen molar-refractivity contribution < 1.29 is 24.2 Å². The van der Waals surface area contributed by atoms with Crippen LogP contribution in [-0.4, -0.2) is 71.7 Å². The van der Waals surface area contributed by atoms with Crippen LogP contribution >= 0.6 is 0 Å². The lowest BCUT2D eigenvalue weighted by atomic mass is 10.0. The Morgan fingerprint density at radius 2 is 2.03 bits per heavy atom. The summed E-state index contributed by atoms with van der Waals surface area (Å²) in [5.41, 5.74) is 0.903. The van der Waals surface area contributed by atoms with Crippen LogP contribution in [0.25, 0.3) is 0 Å². The average molecular weight is 413 g/mol. The number of hydrogen-bond donors (Lipinski definition) is 4. The standard InChI is InChI=1S/C20H23N5O5/c1-21-18(26)13-4-6-14(7-5-13)24-19(27)17-16(23-9-10-25(17)20(28)29)12-30-15-3-2-8-22-11-15/h2-8,11,16-17,23H,9-10,12H2,1H3,(H,21,26)(H,24,27)(H,28,29). The van der Waals surface area contributed by atoms with E-state index in [-0.39, 0.29) is 19.1 Å². The number of carbonyl (C=O) groups is 3. The Morgan fingerprint density at radius 1 is 1.27 bits per heavy atom. The molecular weight excluding hydrogens is 390 g/mol. The number of pyridine rings is 1. The molecule has 10 nitrogen and oxygen atoms in total. The number of rotatable bonds is 6. The van der Waals surface area contributed by atoms with Gasteiger partial charge in [-0.25, -0.2) is 4.79 Å². The molecule has 2 unspecified atom stereocenters. The lowest BCUT2D eigenvalue weighted by Gasteiger charge is -2.39. The largest absolute Gasteiger partial charge is 0.490 e. The Labute approximate surface area is 173 Å². The zero-order valence-corrected chi connectivity index (χ0v) is 16.4. The molecule has 3 rings (SSSR count). The number of piperazine rings is 1. The van der Waals surface area contributed by atoms with Crippen LogP contribution in [0.5, 0.6) is 5.75 Å². The lowest BCUT2D eigenvalue weighted by Crippen LogP contribution is -2.65. The second kappa shape index (κ2) is 9.70. The second-order valence-corrected chi connectivity index (χ2v) is 6.63. The molecule has 1 saturated heterocycles. The number of nitrogens with zero attached hydrogens (tertiary/aromatic N) is 2. The van der Waals surface area contributed by atoms with Gasteiger partial charge in [0.25, 0.3) is 5.91 Å². The Kier molecular flexibility index (Phi) is 6.81. The van der Waals surface area contributed by atoms with Gasteiger partial charge in [0.2, 0.25) is 5.91 Å². The van der Waals surface area contributed by atoms with E-state index >= 15 is 0 Å². The fourth-order valence-electron chi connectivity index (χ4n) is 3.21. The maximum Gasteiger partial charge on any atom is 0.408 e. The molecule has 158 valence electrons. The third kappa shape index (κ3) is 5.03. The number of aromatic nitrogens is 1. The number of anilines is 1.